The Labute approximate surface area is 160 Å². The van der Waals surface area contributed by atoms with Crippen LogP contribution >= 0.6 is 0 Å². The third-order valence-electron chi connectivity index (χ3n) is 5.08. The van der Waals surface area contributed by atoms with Gasteiger partial charge in [-0.05, 0) is 67.7 Å². The van der Waals surface area contributed by atoms with Crippen LogP contribution in [-0.4, -0.2) is 37.6 Å². The van der Waals surface area contributed by atoms with Crippen LogP contribution in [0.4, 0.5) is 4.39 Å². The van der Waals surface area contributed by atoms with Gasteiger partial charge in [-0.1, -0.05) is 24.3 Å². The van der Waals surface area contributed by atoms with E-state index in [1.165, 1.54) is 25.0 Å². The van der Waals surface area contributed by atoms with Gasteiger partial charge in [-0.3, -0.25) is 9.69 Å². The van der Waals surface area contributed by atoms with Gasteiger partial charge < -0.3 is 10.1 Å². The van der Waals surface area contributed by atoms with Crippen LogP contribution in [0.5, 0.6) is 5.75 Å². The molecule has 3 rings (SSSR count). The fourth-order valence-electron chi connectivity index (χ4n) is 3.61. The second kappa shape index (κ2) is 9.51. The van der Waals surface area contributed by atoms with Crippen molar-refractivity contribution in [1.29, 1.82) is 0 Å². The first-order valence-corrected chi connectivity index (χ1v) is 9.55. The fourth-order valence-corrected chi connectivity index (χ4v) is 3.61. The number of carbonyl (C=O) groups excluding carboxylic acids is 1. The minimum absolute atomic E-state index is 0.00801. The predicted molar refractivity (Wildman–Crippen MR) is 104 cm³/mol. The number of halogens is 1. The van der Waals surface area contributed by atoms with Crippen LogP contribution in [-0.2, 0) is 11.2 Å². The van der Waals surface area contributed by atoms with E-state index in [4.69, 9.17) is 4.74 Å². The molecule has 1 saturated heterocycles. The largest absolute Gasteiger partial charge is 0.497 e. The van der Waals surface area contributed by atoms with Crippen molar-refractivity contribution in [2.75, 3.05) is 26.7 Å². The zero-order chi connectivity index (χ0) is 19.1. The number of nitrogens with one attached hydrogen (secondary N) is 1. The van der Waals surface area contributed by atoms with Gasteiger partial charge in [-0.25, -0.2) is 4.39 Å². The quantitative estimate of drug-likeness (QED) is 0.770. The van der Waals surface area contributed by atoms with Gasteiger partial charge in [0.1, 0.15) is 11.6 Å². The Bertz CT molecular complexity index is 759. The zero-order valence-electron chi connectivity index (χ0n) is 15.8. The average Bonchev–Trinajstić information content (AvgIpc) is 3.21. The third kappa shape index (κ3) is 5.54. The van der Waals surface area contributed by atoms with Crippen molar-refractivity contribution in [2.45, 2.75) is 31.7 Å². The van der Waals surface area contributed by atoms with Gasteiger partial charge in [0.15, 0.2) is 0 Å². The molecule has 2 aromatic rings. The Balaban J connectivity index is 1.59. The molecular formula is C22H27FN2O2. The van der Waals surface area contributed by atoms with Crippen LogP contribution in [0.1, 0.15) is 36.4 Å². The van der Waals surface area contributed by atoms with Gasteiger partial charge >= 0.3 is 0 Å². The van der Waals surface area contributed by atoms with E-state index < -0.39 is 0 Å². The van der Waals surface area contributed by atoms with Crippen molar-refractivity contribution in [3.8, 4) is 5.75 Å². The lowest BCUT2D eigenvalue weighted by molar-refractivity contribution is -0.121. The van der Waals surface area contributed by atoms with E-state index in [2.05, 4.69) is 16.3 Å². The van der Waals surface area contributed by atoms with Crippen LogP contribution in [0.3, 0.4) is 0 Å². The number of methoxy groups -OCH3 is 1. The van der Waals surface area contributed by atoms with Gasteiger partial charge in [0.25, 0.3) is 0 Å². The second-order valence-corrected chi connectivity index (χ2v) is 6.97. The van der Waals surface area contributed by atoms with E-state index in [-0.39, 0.29) is 17.8 Å². The number of carbonyl (C=O) groups is 1. The first-order chi connectivity index (χ1) is 13.2. The highest BCUT2D eigenvalue weighted by atomic mass is 19.1. The molecule has 27 heavy (non-hydrogen) atoms. The maximum Gasteiger partial charge on any atom is 0.220 e. The van der Waals surface area contributed by atoms with Crippen LogP contribution < -0.4 is 10.1 Å². The normalized spacial score (nSPS) is 15.5. The smallest absolute Gasteiger partial charge is 0.220 e. The summed E-state index contributed by atoms with van der Waals surface area (Å²) in [5.41, 5.74) is 2.00. The number of benzene rings is 2. The summed E-state index contributed by atoms with van der Waals surface area (Å²) in [7, 11) is 1.66. The van der Waals surface area contributed by atoms with Crippen LogP contribution in [0, 0.1) is 5.82 Å². The molecule has 1 N–H and O–H groups in total. The van der Waals surface area contributed by atoms with E-state index in [1.807, 2.05) is 24.3 Å². The SMILES string of the molecule is COc1cccc(C(CNC(=O)CCc2cccc(F)c2)N2CCCC2)c1. The van der Waals surface area contributed by atoms with Crippen molar-refractivity contribution in [2.24, 2.45) is 0 Å². The molecule has 1 aliphatic rings. The summed E-state index contributed by atoms with van der Waals surface area (Å²) in [4.78, 5) is 14.7. The summed E-state index contributed by atoms with van der Waals surface area (Å²) in [5, 5.41) is 3.07. The number of rotatable bonds is 8. The van der Waals surface area contributed by atoms with E-state index >= 15 is 0 Å². The molecule has 0 bridgehead atoms. The number of nitrogens with zero attached hydrogens (tertiary/aromatic N) is 1. The molecule has 0 aliphatic carbocycles. The lowest BCUT2D eigenvalue weighted by atomic mass is 10.0. The minimum Gasteiger partial charge on any atom is -0.497 e. The second-order valence-electron chi connectivity index (χ2n) is 6.97. The Kier molecular flexibility index (Phi) is 6.82. The molecule has 1 heterocycles. The molecular weight excluding hydrogens is 343 g/mol. The first kappa shape index (κ1) is 19.4. The lowest BCUT2D eigenvalue weighted by Gasteiger charge is -2.28. The Morgan fingerprint density at radius 3 is 2.70 bits per heavy atom. The van der Waals surface area contributed by atoms with E-state index in [0.717, 1.165) is 30.0 Å². The van der Waals surface area contributed by atoms with Crippen LogP contribution in [0.2, 0.25) is 0 Å². The van der Waals surface area contributed by atoms with Crippen molar-refractivity contribution >= 4 is 5.91 Å². The highest BCUT2D eigenvalue weighted by Crippen LogP contribution is 2.27. The van der Waals surface area contributed by atoms with Gasteiger partial charge in [0.2, 0.25) is 5.91 Å². The third-order valence-corrected chi connectivity index (χ3v) is 5.08. The maximum atomic E-state index is 13.3. The number of hydrogen-bond acceptors (Lipinski definition) is 3. The highest BCUT2D eigenvalue weighted by molar-refractivity contribution is 5.76. The molecule has 0 saturated carbocycles. The number of ether oxygens (including phenoxy) is 1. The van der Waals surface area contributed by atoms with Crippen molar-refractivity contribution in [1.82, 2.24) is 10.2 Å². The molecule has 144 valence electrons. The van der Waals surface area contributed by atoms with E-state index in [1.54, 1.807) is 13.2 Å². The molecule has 1 amide bonds. The number of hydrogen-bond donors (Lipinski definition) is 1. The molecule has 1 aliphatic heterocycles. The molecule has 5 heteroatoms. The van der Waals surface area contributed by atoms with Gasteiger partial charge in [0.05, 0.1) is 13.2 Å². The maximum absolute atomic E-state index is 13.3. The van der Waals surface area contributed by atoms with Gasteiger partial charge in [-0.15, -0.1) is 0 Å². The van der Waals surface area contributed by atoms with Gasteiger partial charge in [0, 0.05) is 13.0 Å². The topological polar surface area (TPSA) is 41.6 Å². The number of amides is 1. The van der Waals surface area contributed by atoms with Crippen molar-refractivity contribution < 1.29 is 13.9 Å². The number of aryl methyl sites for hydroxylation is 1. The summed E-state index contributed by atoms with van der Waals surface area (Å²) < 4.78 is 18.6. The molecule has 1 atom stereocenters. The molecule has 0 aromatic heterocycles. The van der Waals surface area contributed by atoms with Gasteiger partial charge in [-0.2, -0.15) is 0 Å². The molecule has 0 spiro atoms. The summed E-state index contributed by atoms with van der Waals surface area (Å²) in [5.74, 6) is 0.556. The monoisotopic (exact) mass is 370 g/mol. The summed E-state index contributed by atoms with van der Waals surface area (Å²) in [6, 6.07) is 14.6. The predicted octanol–water partition coefficient (Wildman–Crippen LogP) is 3.72. The molecule has 2 aromatic carbocycles. The van der Waals surface area contributed by atoms with E-state index in [0.29, 0.717) is 19.4 Å². The zero-order valence-corrected chi connectivity index (χ0v) is 15.8. The average molecular weight is 370 g/mol. The summed E-state index contributed by atoms with van der Waals surface area (Å²) in [6.45, 7) is 2.65. The fraction of sp³-hybridized carbons (Fsp3) is 0.409. The van der Waals surface area contributed by atoms with Crippen LogP contribution in [0.25, 0.3) is 0 Å². The Morgan fingerprint density at radius 1 is 1.19 bits per heavy atom. The molecule has 1 fully saturated rings. The van der Waals surface area contributed by atoms with Crippen molar-refractivity contribution in [3.63, 3.8) is 0 Å². The minimum atomic E-state index is -0.264. The standard InChI is InChI=1S/C22H27FN2O2/c1-27-20-9-5-7-18(15-20)21(25-12-2-3-13-25)16-24-22(26)11-10-17-6-4-8-19(23)14-17/h4-9,14-15,21H,2-3,10-13,16H2,1H3,(H,24,26). The summed E-state index contributed by atoms with van der Waals surface area (Å²) >= 11 is 0. The molecule has 1 unspecified atom stereocenters. The van der Waals surface area contributed by atoms with E-state index in [9.17, 15) is 9.18 Å². The molecule has 4 nitrogen and oxygen atoms in total. The highest BCUT2D eigenvalue weighted by Gasteiger charge is 2.24. The summed E-state index contributed by atoms with van der Waals surface area (Å²) in [6.07, 6.45) is 3.27. The first-order valence-electron chi connectivity index (χ1n) is 9.55. The Morgan fingerprint density at radius 2 is 1.96 bits per heavy atom. The lowest BCUT2D eigenvalue weighted by Crippen LogP contribution is -2.36. The van der Waals surface area contributed by atoms with Crippen LogP contribution in [0.15, 0.2) is 48.5 Å². The Hall–Kier alpha value is -2.40. The molecule has 0 radical (unpaired) electrons. The number of likely N-dealkylation sites (tertiary alicyclic amines) is 1. The van der Waals surface area contributed by atoms with Crippen molar-refractivity contribution in [3.05, 3.63) is 65.5 Å².